The lowest BCUT2D eigenvalue weighted by atomic mass is 10.0. The van der Waals surface area contributed by atoms with E-state index in [0.29, 0.717) is 19.4 Å². The number of Topliss-reactive ketones (excluding diaryl/α,β-unsaturated/α-hetero) is 1. The van der Waals surface area contributed by atoms with Gasteiger partial charge in [-0.2, -0.15) is 0 Å². The molecule has 3 atom stereocenters. The number of carbonyl (C=O) groups excluding carboxylic acids is 3. The van der Waals surface area contributed by atoms with E-state index in [-0.39, 0.29) is 30.1 Å². The molecule has 34 heavy (non-hydrogen) atoms. The van der Waals surface area contributed by atoms with E-state index in [2.05, 4.69) is 26.2 Å². The number of rotatable bonds is 6. The molecule has 3 unspecified atom stereocenters. The second-order valence-electron chi connectivity index (χ2n) is 8.34. The number of benzene rings is 2. The highest BCUT2D eigenvalue weighted by Crippen LogP contribution is 2.28. The van der Waals surface area contributed by atoms with Gasteiger partial charge in [0.1, 0.15) is 29.4 Å². The molecule has 0 bridgehead atoms. The number of hydrogen-bond acceptors (Lipinski definition) is 6. The highest BCUT2D eigenvalue weighted by Gasteiger charge is 2.48. The van der Waals surface area contributed by atoms with E-state index >= 15 is 0 Å². The molecule has 2 amide bonds. The molecular weight excluding hydrogens is 518 g/mol. The van der Waals surface area contributed by atoms with Crippen molar-refractivity contribution in [1.29, 1.82) is 0 Å². The summed E-state index contributed by atoms with van der Waals surface area (Å²) >= 11 is 4.80. The maximum Gasteiger partial charge on any atom is 0.271 e. The molecule has 2 saturated heterocycles. The zero-order chi connectivity index (χ0) is 23.7. The number of carbonyl (C=O) groups is 3. The van der Waals surface area contributed by atoms with Gasteiger partial charge in [-0.1, -0.05) is 58.4 Å². The van der Waals surface area contributed by atoms with Crippen LogP contribution < -0.4 is 5.32 Å². The quantitative estimate of drug-likeness (QED) is 0.518. The van der Waals surface area contributed by atoms with Gasteiger partial charge in [-0.25, -0.2) is 4.98 Å². The van der Waals surface area contributed by atoms with Crippen LogP contribution in [0.4, 0.5) is 0 Å². The third-order valence-corrected chi connectivity index (χ3v) is 7.53. The van der Waals surface area contributed by atoms with Crippen molar-refractivity contribution in [2.75, 3.05) is 13.2 Å². The van der Waals surface area contributed by atoms with E-state index in [1.165, 1.54) is 11.3 Å². The Bertz CT molecular complexity index is 1210. The van der Waals surface area contributed by atoms with Crippen LogP contribution in [0.25, 0.3) is 10.6 Å². The van der Waals surface area contributed by atoms with Crippen LogP contribution in [0.15, 0.2) is 64.5 Å². The fourth-order valence-corrected chi connectivity index (χ4v) is 5.49. The Morgan fingerprint density at radius 1 is 1.18 bits per heavy atom. The van der Waals surface area contributed by atoms with E-state index in [9.17, 15) is 14.4 Å². The van der Waals surface area contributed by atoms with Crippen LogP contribution in [-0.2, 0) is 20.7 Å². The smallest absolute Gasteiger partial charge is 0.271 e. The summed E-state index contributed by atoms with van der Waals surface area (Å²) in [6, 6.07) is 15.8. The van der Waals surface area contributed by atoms with Gasteiger partial charge in [-0.3, -0.25) is 14.4 Å². The van der Waals surface area contributed by atoms with Gasteiger partial charge in [-0.05, 0) is 24.1 Å². The maximum atomic E-state index is 13.6. The lowest BCUT2D eigenvalue weighted by molar-refractivity contribution is -0.138. The van der Waals surface area contributed by atoms with Gasteiger partial charge >= 0.3 is 0 Å². The topological polar surface area (TPSA) is 88.6 Å². The summed E-state index contributed by atoms with van der Waals surface area (Å²) in [6.45, 7) is 0.464. The second-order valence-corrected chi connectivity index (χ2v) is 10.1. The lowest BCUT2D eigenvalue weighted by Crippen LogP contribution is -2.53. The molecule has 0 radical (unpaired) electrons. The van der Waals surface area contributed by atoms with Gasteiger partial charge < -0.3 is 15.0 Å². The van der Waals surface area contributed by atoms with Crippen LogP contribution in [0.5, 0.6) is 0 Å². The van der Waals surface area contributed by atoms with Crippen LogP contribution in [-0.4, -0.2) is 58.8 Å². The Labute approximate surface area is 209 Å². The minimum absolute atomic E-state index is 0.0317. The molecule has 2 fully saturated rings. The number of likely N-dealkylation sites (tertiary alicyclic amines) is 1. The van der Waals surface area contributed by atoms with Crippen LogP contribution in [0, 0.1) is 0 Å². The first-order chi connectivity index (χ1) is 16.5. The summed E-state index contributed by atoms with van der Waals surface area (Å²) in [4.78, 5) is 45.1. The molecule has 0 aliphatic carbocycles. The number of hydrogen-bond donors (Lipinski definition) is 1. The monoisotopic (exact) mass is 539 g/mol. The van der Waals surface area contributed by atoms with E-state index in [4.69, 9.17) is 4.74 Å². The van der Waals surface area contributed by atoms with E-state index in [0.717, 1.165) is 20.6 Å². The molecule has 2 aromatic carbocycles. The summed E-state index contributed by atoms with van der Waals surface area (Å²) in [5.41, 5.74) is 2.09. The summed E-state index contributed by atoms with van der Waals surface area (Å²) in [6.07, 6.45) is 0.664. The Morgan fingerprint density at radius 2 is 1.94 bits per heavy atom. The number of nitrogens with zero attached hydrogens (tertiary/aromatic N) is 2. The van der Waals surface area contributed by atoms with Crippen molar-refractivity contribution in [3.8, 4) is 10.6 Å². The molecule has 3 aromatic rings. The molecule has 7 nitrogen and oxygen atoms in total. The minimum Gasteiger partial charge on any atom is -0.368 e. The molecule has 2 aliphatic heterocycles. The zero-order valence-electron chi connectivity index (χ0n) is 18.1. The van der Waals surface area contributed by atoms with E-state index in [1.54, 1.807) is 10.3 Å². The van der Waals surface area contributed by atoms with Gasteiger partial charge in [0.15, 0.2) is 5.78 Å². The third kappa shape index (κ3) is 4.68. The molecule has 2 aliphatic rings. The average molecular weight is 540 g/mol. The molecule has 1 aromatic heterocycles. The molecule has 9 heteroatoms. The number of ether oxygens (including phenoxy) is 1. The Hall–Kier alpha value is -2.88. The lowest BCUT2D eigenvalue weighted by Gasteiger charge is -2.27. The first-order valence-corrected chi connectivity index (χ1v) is 12.7. The predicted octanol–water partition coefficient (Wildman–Crippen LogP) is 3.48. The number of halogens is 1. The van der Waals surface area contributed by atoms with Crippen molar-refractivity contribution >= 4 is 44.9 Å². The van der Waals surface area contributed by atoms with Crippen LogP contribution >= 0.6 is 27.3 Å². The molecule has 3 heterocycles. The van der Waals surface area contributed by atoms with Gasteiger partial charge in [0.05, 0.1) is 6.10 Å². The summed E-state index contributed by atoms with van der Waals surface area (Å²) < 4.78 is 6.46. The van der Waals surface area contributed by atoms with E-state index in [1.807, 2.05) is 54.6 Å². The molecule has 1 N–H and O–H groups in total. The SMILES string of the molecule is O=C(NC(Cc1ccc(Br)cc1)C(=O)N1CCC2OCC(=O)C21)c1csc(-c2ccccc2)n1. The third-order valence-electron chi connectivity index (χ3n) is 6.11. The number of nitrogens with one attached hydrogen (secondary N) is 1. The van der Waals surface area contributed by atoms with Gasteiger partial charge in [-0.15, -0.1) is 11.3 Å². The van der Waals surface area contributed by atoms with Gasteiger partial charge in [0, 0.05) is 28.4 Å². The van der Waals surface area contributed by atoms with Crippen molar-refractivity contribution in [2.24, 2.45) is 0 Å². The second kappa shape index (κ2) is 9.77. The normalized spacial score (nSPS) is 20.3. The molecule has 174 valence electrons. The summed E-state index contributed by atoms with van der Waals surface area (Å²) in [7, 11) is 0. The predicted molar refractivity (Wildman–Crippen MR) is 132 cm³/mol. The largest absolute Gasteiger partial charge is 0.368 e. The minimum atomic E-state index is -0.831. The van der Waals surface area contributed by atoms with Crippen LogP contribution in [0.3, 0.4) is 0 Å². The first-order valence-electron chi connectivity index (χ1n) is 11.0. The van der Waals surface area contributed by atoms with Crippen LogP contribution in [0.2, 0.25) is 0 Å². The van der Waals surface area contributed by atoms with Crippen molar-refractivity contribution < 1.29 is 19.1 Å². The van der Waals surface area contributed by atoms with Crippen molar-refractivity contribution in [1.82, 2.24) is 15.2 Å². The maximum absolute atomic E-state index is 13.6. The molecular formula is C25H22BrN3O4S. The van der Waals surface area contributed by atoms with Crippen molar-refractivity contribution in [3.05, 3.63) is 75.7 Å². The van der Waals surface area contributed by atoms with Gasteiger partial charge in [0.25, 0.3) is 5.91 Å². The highest BCUT2D eigenvalue weighted by molar-refractivity contribution is 9.10. The van der Waals surface area contributed by atoms with Crippen molar-refractivity contribution in [2.45, 2.75) is 31.0 Å². The van der Waals surface area contributed by atoms with E-state index < -0.39 is 18.0 Å². The summed E-state index contributed by atoms with van der Waals surface area (Å²) in [5, 5.41) is 5.31. The number of ketones is 1. The Balaban J connectivity index is 1.37. The standard InChI is InChI=1S/C25H22BrN3O4S/c26-17-8-6-15(7-9-17)12-18(25(32)29-11-10-21-22(29)20(30)13-33-21)27-23(31)19-14-34-24(28-19)16-4-2-1-3-5-16/h1-9,14,18,21-22H,10-13H2,(H,27,31). The number of aromatic nitrogens is 1. The number of amides is 2. The number of fused-ring (bicyclic) bond motifs is 1. The molecule has 0 spiro atoms. The fourth-order valence-electron chi connectivity index (χ4n) is 4.42. The van der Waals surface area contributed by atoms with Crippen LogP contribution in [0.1, 0.15) is 22.5 Å². The Morgan fingerprint density at radius 3 is 2.71 bits per heavy atom. The van der Waals surface area contributed by atoms with Gasteiger partial charge in [0.2, 0.25) is 5.91 Å². The fraction of sp³-hybridized carbons (Fsp3) is 0.280. The van der Waals surface area contributed by atoms with Crippen molar-refractivity contribution in [3.63, 3.8) is 0 Å². The Kier molecular flexibility index (Phi) is 6.58. The first kappa shape index (κ1) is 22.9. The number of thiazole rings is 1. The highest BCUT2D eigenvalue weighted by atomic mass is 79.9. The summed E-state index contributed by atoms with van der Waals surface area (Å²) in [5.74, 6) is -0.781. The molecule has 0 saturated carbocycles. The molecule has 5 rings (SSSR count). The average Bonchev–Trinajstić information content (AvgIpc) is 3.58. The zero-order valence-corrected chi connectivity index (χ0v) is 20.6.